The van der Waals surface area contributed by atoms with Gasteiger partial charge in [-0.2, -0.15) is 0 Å². The molecule has 0 saturated carbocycles. The molecule has 0 aromatic heterocycles. The van der Waals surface area contributed by atoms with Gasteiger partial charge in [-0.15, -0.1) is 0 Å². The second kappa shape index (κ2) is 6.47. The Morgan fingerprint density at radius 1 is 1.29 bits per heavy atom. The number of benzene rings is 1. The maximum Gasteiger partial charge on any atom is 0.223 e. The Labute approximate surface area is 125 Å². The third-order valence-electron chi connectivity index (χ3n) is 3.39. The Balaban J connectivity index is 1.74. The van der Waals surface area contributed by atoms with Gasteiger partial charge in [0.2, 0.25) is 5.91 Å². The van der Waals surface area contributed by atoms with Crippen LogP contribution >= 0.6 is 0 Å². The van der Waals surface area contributed by atoms with Gasteiger partial charge in [-0.25, -0.2) is 8.42 Å². The predicted molar refractivity (Wildman–Crippen MR) is 81.2 cm³/mol. The van der Waals surface area contributed by atoms with Crippen molar-refractivity contribution in [2.45, 2.75) is 32.7 Å². The molecule has 5 nitrogen and oxygen atoms in total. The van der Waals surface area contributed by atoms with Crippen LogP contribution in [0.5, 0.6) is 5.75 Å². The van der Waals surface area contributed by atoms with Crippen LogP contribution in [0.4, 0.5) is 0 Å². The van der Waals surface area contributed by atoms with Gasteiger partial charge in [0.1, 0.15) is 5.75 Å². The number of hydrogen-bond acceptors (Lipinski definition) is 4. The van der Waals surface area contributed by atoms with Gasteiger partial charge in [0.25, 0.3) is 0 Å². The summed E-state index contributed by atoms with van der Waals surface area (Å²) >= 11 is 0. The molecule has 6 heteroatoms. The summed E-state index contributed by atoms with van der Waals surface area (Å²) < 4.78 is 28.2. The van der Waals surface area contributed by atoms with Crippen LogP contribution in [0.2, 0.25) is 0 Å². The SMILES string of the molecule is Cc1cc(C)cc(OCCC(=O)NC2CCS(=O)(=O)C2)c1. The van der Waals surface area contributed by atoms with Gasteiger partial charge >= 0.3 is 0 Å². The normalized spacial score (nSPS) is 20.2. The van der Waals surface area contributed by atoms with Crippen LogP contribution in [0.25, 0.3) is 0 Å². The van der Waals surface area contributed by atoms with Gasteiger partial charge in [-0.3, -0.25) is 4.79 Å². The van der Waals surface area contributed by atoms with Crippen molar-refractivity contribution in [1.29, 1.82) is 0 Å². The molecule has 1 aromatic rings. The lowest BCUT2D eigenvalue weighted by molar-refractivity contribution is -0.122. The maximum atomic E-state index is 11.7. The van der Waals surface area contributed by atoms with E-state index >= 15 is 0 Å². The molecule has 0 radical (unpaired) electrons. The van der Waals surface area contributed by atoms with E-state index in [0.29, 0.717) is 6.42 Å². The molecule has 1 aliphatic rings. The van der Waals surface area contributed by atoms with E-state index in [4.69, 9.17) is 4.74 Å². The van der Waals surface area contributed by atoms with Crippen LogP contribution in [-0.4, -0.2) is 38.5 Å². The number of sulfone groups is 1. The van der Waals surface area contributed by atoms with Crippen LogP contribution in [0.15, 0.2) is 18.2 Å². The molecule has 1 amide bonds. The first-order valence-electron chi connectivity index (χ1n) is 7.05. The molecular weight excluding hydrogens is 290 g/mol. The topological polar surface area (TPSA) is 72.5 Å². The van der Waals surface area contributed by atoms with Crippen molar-refractivity contribution in [3.05, 3.63) is 29.3 Å². The van der Waals surface area contributed by atoms with Crippen LogP contribution in [-0.2, 0) is 14.6 Å². The smallest absolute Gasteiger partial charge is 0.223 e. The summed E-state index contributed by atoms with van der Waals surface area (Å²) in [5.74, 6) is 0.804. The van der Waals surface area contributed by atoms with Gasteiger partial charge in [0.15, 0.2) is 9.84 Å². The van der Waals surface area contributed by atoms with Crippen molar-refractivity contribution < 1.29 is 17.9 Å². The zero-order valence-corrected chi connectivity index (χ0v) is 13.2. The zero-order valence-electron chi connectivity index (χ0n) is 12.4. The van der Waals surface area contributed by atoms with E-state index in [2.05, 4.69) is 11.4 Å². The van der Waals surface area contributed by atoms with Crippen molar-refractivity contribution in [2.75, 3.05) is 18.1 Å². The van der Waals surface area contributed by atoms with E-state index in [-0.39, 0.29) is 36.5 Å². The molecule has 1 aromatic carbocycles. The molecule has 0 spiro atoms. The van der Waals surface area contributed by atoms with Crippen molar-refractivity contribution in [1.82, 2.24) is 5.32 Å². The highest BCUT2D eigenvalue weighted by Crippen LogP contribution is 2.16. The Morgan fingerprint density at radius 2 is 1.95 bits per heavy atom. The zero-order chi connectivity index (χ0) is 15.5. The summed E-state index contributed by atoms with van der Waals surface area (Å²) in [4.78, 5) is 11.7. The van der Waals surface area contributed by atoms with Crippen LogP contribution in [0.3, 0.4) is 0 Å². The van der Waals surface area contributed by atoms with Crippen molar-refractivity contribution >= 4 is 15.7 Å². The number of rotatable bonds is 5. The van der Waals surface area contributed by atoms with Crippen LogP contribution in [0, 0.1) is 13.8 Å². The molecule has 2 rings (SSSR count). The molecule has 1 aliphatic heterocycles. The quantitative estimate of drug-likeness (QED) is 0.891. The number of carbonyl (C=O) groups excluding carboxylic acids is 1. The second-order valence-electron chi connectivity index (χ2n) is 5.59. The van der Waals surface area contributed by atoms with Crippen molar-refractivity contribution in [3.63, 3.8) is 0 Å². The predicted octanol–water partition coefficient (Wildman–Crippen LogP) is 1.38. The Kier molecular flexibility index (Phi) is 4.88. The summed E-state index contributed by atoms with van der Waals surface area (Å²) in [6.07, 6.45) is 0.732. The van der Waals surface area contributed by atoms with Crippen LogP contribution < -0.4 is 10.1 Å². The summed E-state index contributed by atoms with van der Waals surface area (Å²) in [6, 6.07) is 5.66. The van der Waals surface area contributed by atoms with Gasteiger partial charge in [0.05, 0.1) is 24.5 Å². The molecular formula is C15H21NO4S. The Bertz CT molecular complexity index is 604. The fourth-order valence-electron chi connectivity index (χ4n) is 2.49. The summed E-state index contributed by atoms with van der Waals surface area (Å²) in [5, 5.41) is 2.75. The average Bonchev–Trinajstić information content (AvgIpc) is 2.67. The molecule has 1 atom stereocenters. The second-order valence-corrected chi connectivity index (χ2v) is 7.82. The molecule has 1 N–H and O–H groups in total. The van der Waals surface area contributed by atoms with Crippen molar-refractivity contribution in [3.8, 4) is 5.75 Å². The maximum absolute atomic E-state index is 11.7. The summed E-state index contributed by atoms with van der Waals surface area (Å²) in [5.41, 5.74) is 2.23. The highest BCUT2D eigenvalue weighted by molar-refractivity contribution is 7.91. The van der Waals surface area contributed by atoms with E-state index in [1.165, 1.54) is 0 Å². The molecule has 0 aliphatic carbocycles. The monoisotopic (exact) mass is 311 g/mol. The highest BCUT2D eigenvalue weighted by atomic mass is 32.2. The van der Waals surface area contributed by atoms with E-state index in [0.717, 1.165) is 16.9 Å². The van der Waals surface area contributed by atoms with Gasteiger partial charge in [-0.05, 0) is 43.5 Å². The lowest BCUT2D eigenvalue weighted by Crippen LogP contribution is -2.36. The van der Waals surface area contributed by atoms with E-state index in [1.54, 1.807) is 0 Å². The molecule has 0 bridgehead atoms. The minimum Gasteiger partial charge on any atom is -0.493 e. The third kappa shape index (κ3) is 5.04. The molecule has 1 heterocycles. The van der Waals surface area contributed by atoms with Crippen LogP contribution in [0.1, 0.15) is 24.0 Å². The lowest BCUT2D eigenvalue weighted by atomic mass is 10.1. The largest absolute Gasteiger partial charge is 0.493 e. The Hall–Kier alpha value is -1.56. The van der Waals surface area contributed by atoms with E-state index in [1.807, 2.05) is 26.0 Å². The molecule has 21 heavy (non-hydrogen) atoms. The minimum absolute atomic E-state index is 0.0523. The summed E-state index contributed by atoms with van der Waals surface area (Å²) in [6.45, 7) is 4.27. The number of nitrogens with one attached hydrogen (secondary N) is 1. The minimum atomic E-state index is -2.96. The molecule has 1 fully saturated rings. The lowest BCUT2D eigenvalue weighted by Gasteiger charge is -2.12. The number of aryl methyl sites for hydroxylation is 2. The first-order chi connectivity index (χ1) is 9.84. The first-order valence-corrected chi connectivity index (χ1v) is 8.87. The molecule has 116 valence electrons. The van der Waals surface area contributed by atoms with E-state index in [9.17, 15) is 13.2 Å². The van der Waals surface area contributed by atoms with E-state index < -0.39 is 9.84 Å². The number of amides is 1. The Morgan fingerprint density at radius 3 is 2.52 bits per heavy atom. The number of carbonyl (C=O) groups is 1. The average molecular weight is 311 g/mol. The molecule has 1 saturated heterocycles. The fourth-order valence-corrected chi connectivity index (χ4v) is 4.16. The summed E-state index contributed by atoms with van der Waals surface area (Å²) in [7, 11) is -2.96. The number of hydrogen-bond donors (Lipinski definition) is 1. The third-order valence-corrected chi connectivity index (χ3v) is 5.16. The molecule has 1 unspecified atom stereocenters. The van der Waals surface area contributed by atoms with Gasteiger partial charge in [-0.1, -0.05) is 6.07 Å². The van der Waals surface area contributed by atoms with Crippen molar-refractivity contribution in [2.24, 2.45) is 0 Å². The first kappa shape index (κ1) is 15.8. The van der Waals surface area contributed by atoms with Gasteiger partial charge < -0.3 is 10.1 Å². The van der Waals surface area contributed by atoms with Gasteiger partial charge in [0, 0.05) is 6.04 Å². The number of ether oxygens (including phenoxy) is 1. The highest BCUT2D eigenvalue weighted by Gasteiger charge is 2.28. The fraction of sp³-hybridized carbons (Fsp3) is 0.533. The standard InChI is InChI=1S/C15H21NO4S/c1-11-7-12(2)9-14(8-11)20-5-3-15(17)16-13-4-6-21(18,19)10-13/h7-9,13H,3-6,10H2,1-2H3,(H,16,17).